The summed E-state index contributed by atoms with van der Waals surface area (Å²) in [5, 5.41) is 2.04. The number of thiophene rings is 1. The van der Waals surface area contributed by atoms with Crippen LogP contribution < -0.4 is 4.90 Å². The normalized spacial score (nSPS) is 25.0. The summed E-state index contributed by atoms with van der Waals surface area (Å²) in [7, 11) is -3.15. The van der Waals surface area contributed by atoms with E-state index in [9.17, 15) is 13.2 Å². The Morgan fingerprint density at radius 1 is 1.11 bits per heavy atom. The van der Waals surface area contributed by atoms with Crippen molar-refractivity contribution in [3.8, 4) is 0 Å². The predicted molar refractivity (Wildman–Crippen MR) is 109 cm³/mol. The van der Waals surface area contributed by atoms with Crippen molar-refractivity contribution in [3.05, 3.63) is 51.7 Å². The first-order valence-corrected chi connectivity index (χ1v) is 11.9. The maximum Gasteiger partial charge on any atom is 0.241 e. The first-order chi connectivity index (χ1) is 12.8. The van der Waals surface area contributed by atoms with E-state index < -0.39 is 9.84 Å². The summed E-state index contributed by atoms with van der Waals surface area (Å²) < 4.78 is 24.8. The molecule has 2 aromatic rings. The fourth-order valence-corrected chi connectivity index (χ4v) is 6.80. The Bertz CT molecular complexity index is 954. The van der Waals surface area contributed by atoms with Gasteiger partial charge in [0.2, 0.25) is 5.91 Å². The fraction of sp³-hybridized carbons (Fsp3) is 0.450. The molecule has 2 saturated heterocycles. The Balaban J connectivity index is 1.62. The molecule has 0 radical (unpaired) electrons. The molecular weight excluding hydrogens is 380 g/mol. The zero-order valence-corrected chi connectivity index (χ0v) is 17.2. The second-order valence-electron chi connectivity index (χ2n) is 7.54. The van der Waals surface area contributed by atoms with Crippen LogP contribution in [-0.4, -0.2) is 55.9 Å². The molecule has 5 nitrogen and oxygen atoms in total. The third-order valence-electron chi connectivity index (χ3n) is 5.70. The summed E-state index contributed by atoms with van der Waals surface area (Å²) in [6, 6.07) is 9.60. The smallest absolute Gasteiger partial charge is 0.241 e. The van der Waals surface area contributed by atoms with E-state index in [0.29, 0.717) is 6.54 Å². The topological polar surface area (TPSA) is 57.7 Å². The van der Waals surface area contributed by atoms with Crippen LogP contribution in [0.25, 0.3) is 0 Å². The highest BCUT2D eigenvalue weighted by atomic mass is 32.2. The lowest BCUT2D eigenvalue weighted by Crippen LogP contribution is -2.62. The Labute approximate surface area is 164 Å². The van der Waals surface area contributed by atoms with E-state index in [1.807, 2.05) is 43.5 Å². The number of benzene rings is 1. The molecule has 0 N–H and O–H groups in total. The molecule has 2 aliphatic heterocycles. The molecule has 144 valence electrons. The number of carbonyl (C=O) groups is 1. The Kier molecular flexibility index (Phi) is 4.86. The number of anilines is 1. The number of sulfone groups is 1. The average molecular weight is 405 g/mol. The van der Waals surface area contributed by atoms with Gasteiger partial charge in [-0.2, -0.15) is 0 Å². The maximum atomic E-state index is 13.0. The number of aryl methyl sites for hydroxylation is 2. The highest BCUT2D eigenvalue weighted by Crippen LogP contribution is 2.32. The van der Waals surface area contributed by atoms with Crippen LogP contribution in [0.2, 0.25) is 0 Å². The summed E-state index contributed by atoms with van der Waals surface area (Å²) in [5.74, 6) is 0.172. The maximum absolute atomic E-state index is 13.0. The van der Waals surface area contributed by atoms with Gasteiger partial charge in [-0.25, -0.2) is 8.42 Å². The number of piperazine rings is 1. The standard InChI is InChI=1S/C20H24N2O3S2/c1-14-5-6-16(10-15(14)2)22-19-13-27(24,25)12-18(19)21(11-20(22)23)8-7-17-4-3-9-26-17/h3-6,9-10,18-19H,7-8,11-13H2,1-2H3/t18-,19+/m0/s1. The lowest BCUT2D eigenvalue weighted by molar-refractivity contribution is -0.123. The van der Waals surface area contributed by atoms with Crippen LogP contribution in [0.15, 0.2) is 35.7 Å². The van der Waals surface area contributed by atoms with Crippen molar-refractivity contribution in [2.45, 2.75) is 32.4 Å². The van der Waals surface area contributed by atoms with Gasteiger partial charge in [0.25, 0.3) is 0 Å². The van der Waals surface area contributed by atoms with Crippen LogP contribution >= 0.6 is 11.3 Å². The van der Waals surface area contributed by atoms with Crippen molar-refractivity contribution in [3.63, 3.8) is 0 Å². The van der Waals surface area contributed by atoms with Gasteiger partial charge in [0, 0.05) is 23.2 Å². The fourth-order valence-electron chi connectivity index (χ4n) is 4.12. The third-order valence-corrected chi connectivity index (χ3v) is 8.33. The van der Waals surface area contributed by atoms with Crippen LogP contribution in [-0.2, 0) is 21.1 Å². The molecule has 1 aromatic carbocycles. The van der Waals surface area contributed by atoms with Gasteiger partial charge in [0.05, 0.1) is 24.1 Å². The van der Waals surface area contributed by atoms with Crippen LogP contribution in [0.3, 0.4) is 0 Å². The number of rotatable bonds is 4. The summed E-state index contributed by atoms with van der Waals surface area (Å²) in [5.41, 5.74) is 3.09. The van der Waals surface area contributed by atoms with E-state index in [-0.39, 0.29) is 36.0 Å². The van der Waals surface area contributed by atoms with Gasteiger partial charge in [-0.1, -0.05) is 12.1 Å². The van der Waals surface area contributed by atoms with Crippen molar-refractivity contribution in [2.75, 3.05) is 29.5 Å². The van der Waals surface area contributed by atoms with Crippen molar-refractivity contribution >= 4 is 32.8 Å². The molecule has 3 heterocycles. The molecule has 0 spiro atoms. The van der Waals surface area contributed by atoms with E-state index >= 15 is 0 Å². The number of hydrogen-bond donors (Lipinski definition) is 0. The second-order valence-corrected chi connectivity index (χ2v) is 10.7. The molecule has 4 rings (SSSR count). The van der Waals surface area contributed by atoms with Crippen molar-refractivity contribution < 1.29 is 13.2 Å². The number of fused-ring (bicyclic) bond motifs is 1. The highest BCUT2D eigenvalue weighted by Gasteiger charge is 2.49. The van der Waals surface area contributed by atoms with E-state index in [1.54, 1.807) is 16.2 Å². The lowest BCUT2D eigenvalue weighted by Gasteiger charge is -2.43. The molecule has 1 aromatic heterocycles. The molecule has 27 heavy (non-hydrogen) atoms. The van der Waals surface area contributed by atoms with Gasteiger partial charge in [-0.3, -0.25) is 9.69 Å². The highest BCUT2D eigenvalue weighted by molar-refractivity contribution is 7.91. The molecule has 2 atom stereocenters. The molecule has 1 amide bonds. The number of amides is 1. The predicted octanol–water partition coefficient (Wildman–Crippen LogP) is 2.42. The van der Waals surface area contributed by atoms with Crippen molar-refractivity contribution in [1.29, 1.82) is 0 Å². The molecule has 7 heteroatoms. The summed E-state index contributed by atoms with van der Waals surface area (Å²) in [6.45, 7) is 5.04. The summed E-state index contributed by atoms with van der Waals surface area (Å²) in [4.78, 5) is 18.1. The SMILES string of the molecule is Cc1ccc(N2C(=O)CN(CCc3cccs3)[C@H]3CS(=O)(=O)C[C@H]32)cc1C. The van der Waals surface area contributed by atoms with Crippen molar-refractivity contribution in [2.24, 2.45) is 0 Å². The zero-order chi connectivity index (χ0) is 19.2. The first-order valence-electron chi connectivity index (χ1n) is 9.20. The Morgan fingerprint density at radius 3 is 2.59 bits per heavy atom. The van der Waals surface area contributed by atoms with Gasteiger partial charge >= 0.3 is 0 Å². The van der Waals surface area contributed by atoms with E-state index in [0.717, 1.165) is 23.2 Å². The number of nitrogens with zero attached hydrogens (tertiary/aromatic N) is 2. The van der Waals surface area contributed by atoms with Crippen LogP contribution in [0.5, 0.6) is 0 Å². The van der Waals surface area contributed by atoms with Gasteiger partial charge in [0.1, 0.15) is 0 Å². The molecule has 0 aliphatic carbocycles. The zero-order valence-electron chi connectivity index (χ0n) is 15.6. The van der Waals surface area contributed by atoms with E-state index in [1.165, 1.54) is 4.88 Å². The van der Waals surface area contributed by atoms with E-state index in [2.05, 4.69) is 11.0 Å². The van der Waals surface area contributed by atoms with Gasteiger partial charge in [-0.15, -0.1) is 11.3 Å². The second kappa shape index (κ2) is 7.04. The molecule has 0 saturated carbocycles. The third kappa shape index (κ3) is 3.68. The minimum atomic E-state index is -3.15. The molecule has 0 unspecified atom stereocenters. The van der Waals surface area contributed by atoms with Gasteiger partial charge in [0.15, 0.2) is 9.84 Å². The lowest BCUT2D eigenvalue weighted by atomic mass is 10.0. The van der Waals surface area contributed by atoms with Gasteiger partial charge in [-0.05, 0) is 55.0 Å². The van der Waals surface area contributed by atoms with E-state index in [4.69, 9.17) is 0 Å². The summed E-state index contributed by atoms with van der Waals surface area (Å²) >= 11 is 1.70. The van der Waals surface area contributed by atoms with Gasteiger partial charge < -0.3 is 4.90 Å². The number of hydrogen-bond acceptors (Lipinski definition) is 5. The van der Waals surface area contributed by atoms with Crippen LogP contribution in [0.1, 0.15) is 16.0 Å². The Morgan fingerprint density at radius 2 is 1.89 bits per heavy atom. The van der Waals surface area contributed by atoms with Crippen LogP contribution in [0.4, 0.5) is 5.69 Å². The average Bonchev–Trinajstić information content (AvgIpc) is 3.22. The first kappa shape index (κ1) is 18.7. The van der Waals surface area contributed by atoms with Crippen LogP contribution in [0, 0.1) is 13.8 Å². The molecule has 0 bridgehead atoms. The monoisotopic (exact) mass is 404 g/mol. The quantitative estimate of drug-likeness (QED) is 0.785. The summed E-state index contributed by atoms with van der Waals surface area (Å²) in [6.07, 6.45) is 0.845. The largest absolute Gasteiger partial charge is 0.306 e. The van der Waals surface area contributed by atoms with Crippen molar-refractivity contribution in [1.82, 2.24) is 4.90 Å². The molecule has 2 aliphatic rings. The minimum Gasteiger partial charge on any atom is -0.306 e. The Hall–Kier alpha value is -1.70. The molecular formula is C20H24N2O3S2. The minimum absolute atomic E-state index is 0.0113. The molecule has 2 fully saturated rings. The number of carbonyl (C=O) groups excluding carboxylic acids is 1.